The van der Waals surface area contributed by atoms with Crippen LogP contribution in [0.3, 0.4) is 0 Å². The second-order valence-electron chi connectivity index (χ2n) is 4.19. The molecule has 1 fully saturated rings. The average molecular weight is 275 g/mol. The molecule has 0 saturated carbocycles. The fourth-order valence-electron chi connectivity index (χ4n) is 1.86. The summed E-state index contributed by atoms with van der Waals surface area (Å²) in [5, 5.41) is 3.44. The van der Waals surface area contributed by atoms with E-state index in [1.54, 1.807) is 0 Å². The minimum atomic E-state index is 0.469. The van der Waals surface area contributed by atoms with E-state index >= 15 is 0 Å². The largest absolute Gasteiger partial charge is 0.308 e. The van der Waals surface area contributed by atoms with Gasteiger partial charge in [0.05, 0.1) is 6.04 Å². The Morgan fingerprint density at radius 2 is 1.83 bits per heavy atom. The van der Waals surface area contributed by atoms with E-state index in [1.165, 1.54) is 30.7 Å². The van der Waals surface area contributed by atoms with Crippen LogP contribution in [-0.4, -0.2) is 42.5 Å². The molecule has 3 heteroatoms. The van der Waals surface area contributed by atoms with Gasteiger partial charge in [0, 0.05) is 18.0 Å². The number of nitrogens with one attached hydrogen (secondary N) is 1. The summed E-state index contributed by atoms with van der Waals surface area (Å²) in [6, 6.07) is 0.469. The summed E-state index contributed by atoms with van der Waals surface area (Å²) in [7, 11) is 2.19. The molecule has 0 aromatic heterocycles. The fraction of sp³-hybridized carbons (Fsp3) is 0.933. The number of thiocarbonyl (C=S) groups is 1. The van der Waals surface area contributed by atoms with Gasteiger partial charge in [-0.15, -0.1) is 0 Å². The van der Waals surface area contributed by atoms with Gasteiger partial charge >= 0.3 is 0 Å². The number of unbranched alkanes of at least 4 members (excludes halogenated alkanes) is 2. The van der Waals surface area contributed by atoms with Gasteiger partial charge in [0.25, 0.3) is 0 Å². The molecule has 110 valence electrons. The van der Waals surface area contributed by atoms with Crippen molar-refractivity contribution in [2.24, 2.45) is 0 Å². The lowest BCUT2D eigenvalue weighted by Gasteiger charge is -2.20. The van der Waals surface area contributed by atoms with Crippen LogP contribution >= 0.6 is 12.2 Å². The molecule has 1 unspecified atom stereocenters. The molecule has 0 bridgehead atoms. The monoisotopic (exact) mass is 274 g/mol. The summed E-state index contributed by atoms with van der Waals surface area (Å²) in [5.41, 5.74) is 0. The Kier molecular flexibility index (Phi) is 17.0. The van der Waals surface area contributed by atoms with Gasteiger partial charge in [0.2, 0.25) is 0 Å². The molecule has 0 radical (unpaired) electrons. The van der Waals surface area contributed by atoms with Crippen molar-refractivity contribution in [2.45, 2.75) is 66.3 Å². The maximum absolute atomic E-state index is 5.31. The zero-order valence-corrected chi connectivity index (χ0v) is 14.2. The molecule has 1 saturated heterocycles. The van der Waals surface area contributed by atoms with Crippen molar-refractivity contribution in [3.8, 4) is 0 Å². The van der Waals surface area contributed by atoms with E-state index in [4.69, 9.17) is 12.2 Å². The van der Waals surface area contributed by atoms with Crippen molar-refractivity contribution in [3.63, 3.8) is 0 Å². The lowest BCUT2D eigenvalue weighted by atomic mass is 10.2. The first kappa shape index (κ1) is 20.3. The Balaban J connectivity index is 0. The third-order valence-corrected chi connectivity index (χ3v) is 3.28. The minimum absolute atomic E-state index is 0.469. The summed E-state index contributed by atoms with van der Waals surface area (Å²) in [6.07, 6.45) is 5.04. The first-order valence-corrected chi connectivity index (χ1v) is 8.09. The highest BCUT2D eigenvalue weighted by atomic mass is 32.1. The zero-order valence-electron chi connectivity index (χ0n) is 13.4. The Hall–Kier alpha value is 0.01000. The molecular formula is C15H34N2S. The fourth-order valence-corrected chi connectivity index (χ4v) is 2.12. The van der Waals surface area contributed by atoms with E-state index in [0.717, 1.165) is 19.5 Å². The van der Waals surface area contributed by atoms with E-state index in [1.807, 2.05) is 27.7 Å². The van der Waals surface area contributed by atoms with Crippen LogP contribution in [0.2, 0.25) is 0 Å². The average Bonchev–Trinajstić information content (AvgIpc) is 2.80. The molecule has 0 aromatic carbocycles. The normalized spacial score (nSPS) is 17.9. The Bertz CT molecular complexity index is 183. The number of hydrogen-bond donors (Lipinski definition) is 1. The molecule has 1 rings (SSSR count). The highest BCUT2D eigenvalue weighted by molar-refractivity contribution is 7.80. The van der Waals surface area contributed by atoms with E-state index in [2.05, 4.69) is 24.2 Å². The van der Waals surface area contributed by atoms with E-state index in [-0.39, 0.29) is 0 Å². The van der Waals surface area contributed by atoms with E-state index in [0.29, 0.717) is 6.04 Å². The van der Waals surface area contributed by atoms with Crippen LogP contribution in [0.25, 0.3) is 0 Å². The maximum atomic E-state index is 5.31. The zero-order chi connectivity index (χ0) is 14.4. The van der Waals surface area contributed by atoms with Crippen LogP contribution in [0, 0.1) is 0 Å². The highest BCUT2D eigenvalue weighted by Gasteiger charge is 2.20. The molecule has 1 atom stereocenters. The van der Waals surface area contributed by atoms with Gasteiger partial charge < -0.3 is 10.2 Å². The first-order valence-electron chi connectivity index (χ1n) is 7.68. The summed E-state index contributed by atoms with van der Waals surface area (Å²) < 4.78 is 0. The predicted molar refractivity (Wildman–Crippen MR) is 88.7 cm³/mol. The summed E-state index contributed by atoms with van der Waals surface area (Å²) >= 11 is 5.31. The molecule has 0 aliphatic carbocycles. The summed E-state index contributed by atoms with van der Waals surface area (Å²) in [4.78, 5) is 3.61. The van der Waals surface area contributed by atoms with Crippen molar-refractivity contribution in [1.82, 2.24) is 10.2 Å². The standard InChI is InChI=1S/C11H22N2S.2C2H6/c1-3-4-5-8-13(2)9-10-11(14)6-7-12-10;2*1-2/h10,12H,3-9H2,1-2H3;2*1-2H3. The van der Waals surface area contributed by atoms with Gasteiger partial charge in [-0.3, -0.25) is 0 Å². The van der Waals surface area contributed by atoms with Gasteiger partial charge in [0.15, 0.2) is 0 Å². The van der Waals surface area contributed by atoms with Crippen molar-refractivity contribution in [3.05, 3.63) is 0 Å². The molecule has 0 spiro atoms. The maximum Gasteiger partial charge on any atom is 0.0513 e. The van der Waals surface area contributed by atoms with Crippen LogP contribution in [-0.2, 0) is 0 Å². The van der Waals surface area contributed by atoms with Crippen LogP contribution in [0.4, 0.5) is 0 Å². The Morgan fingerprint density at radius 3 is 2.28 bits per heavy atom. The molecule has 1 aliphatic heterocycles. The van der Waals surface area contributed by atoms with Gasteiger partial charge in [0.1, 0.15) is 0 Å². The first-order chi connectivity index (χ1) is 8.74. The topological polar surface area (TPSA) is 15.3 Å². The quantitative estimate of drug-likeness (QED) is 0.584. The van der Waals surface area contributed by atoms with Gasteiger partial charge in [-0.2, -0.15) is 0 Å². The van der Waals surface area contributed by atoms with Gasteiger partial charge in [-0.05, 0) is 26.4 Å². The molecule has 0 aromatic rings. The van der Waals surface area contributed by atoms with Crippen molar-refractivity contribution in [2.75, 3.05) is 26.7 Å². The Labute approximate surface area is 121 Å². The van der Waals surface area contributed by atoms with Crippen LogP contribution in [0.5, 0.6) is 0 Å². The van der Waals surface area contributed by atoms with Crippen molar-refractivity contribution in [1.29, 1.82) is 0 Å². The molecule has 2 nitrogen and oxygen atoms in total. The second kappa shape index (κ2) is 15.1. The molecule has 0 amide bonds. The smallest absolute Gasteiger partial charge is 0.0513 e. The molecular weight excluding hydrogens is 240 g/mol. The molecule has 1 heterocycles. The third-order valence-electron chi connectivity index (χ3n) is 2.79. The highest BCUT2D eigenvalue weighted by Crippen LogP contribution is 2.05. The van der Waals surface area contributed by atoms with Gasteiger partial charge in [-0.25, -0.2) is 0 Å². The second-order valence-corrected chi connectivity index (χ2v) is 4.72. The predicted octanol–water partition coefficient (Wildman–Crippen LogP) is 3.89. The Morgan fingerprint density at radius 1 is 1.22 bits per heavy atom. The molecule has 18 heavy (non-hydrogen) atoms. The number of hydrogen-bond acceptors (Lipinski definition) is 3. The van der Waals surface area contributed by atoms with E-state index in [9.17, 15) is 0 Å². The number of likely N-dealkylation sites (N-methyl/N-ethyl adjacent to an activating group) is 1. The summed E-state index contributed by atoms with van der Waals surface area (Å²) in [5.74, 6) is 0. The lowest BCUT2D eigenvalue weighted by Crippen LogP contribution is -2.39. The molecule has 1 aliphatic rings. The van der Waals surface area contributed by atoms with Crippen LogP contribution in [0.1, 0.15) is 60.3 Å². The van der Waals surface area contributed by atoms with Crippen molar-refractivity contribution >= 4 is 17.1 Å². The third kappa shape index (κ3) is 9.98. The summed E-state index contributed by atoms with van der Waals surface area (Å²) in [6.45, 7) is 13.6. The SMILES string of the molecule is CC.CC.CCCCCN(C)CC1NCCC1=S. The van der Waals surface area contributed by atoms with Crippen molar-refractivity contribution < 1.29 is 0 Å². The minimum Gasteiger partial charge on any atom is -0.308 e. The lowest BCUT2D eigenvalue weighted by molar-refractivity contribution is 0.314. The van der Waals surface area contributed by atoms with Crippen LogP contribution < -0.4 is 5.32 Å². The van der Waals surface area contributed by atoms with Crippen LogP contribution in [0.15, 0.2) is 0 Å². The van der Waals surface area contributed by atoms with Gasteiger partial charge in [-0.1, -0.05) is 59.7 Å². The number of rotatable bonds is 6. The number of nitrogens with zero attached hydrogens (tertiary/aromatic N) is 1. The molecule has 1 N–H and O–H groups in total. The van der Waals surface area contributed by atoms with E-state index < -0.39 is 0 Å².